The van der Waals surface area contributed by atoms with E-state index >= 15 is 0 Å². The van der Waals surface area contributed by atoms with Crippen LogP contribution in [0.3, 0.4) is 0 Å². The molecule has 2 aromatic rings. The number of amides is 1. The fraction of sp³-hybridized carbons (Fsp3) is 0.385. The smallest absolute Gasteiger partial charge is 0.408 e. The molecule has 2 aromatic carbocycles. The fourth-order valence-corrected chi connectivity index (χ4v) is 4.49. The van der Waals surface area contributed by atoms with Gasteiger partial charge in [-0.05, 0) is 51.2 Å². The van der Waals surface area contributed by atoms with E-state index in [0.29, 0.717) is 11.1 Å². The molecule has 0 radical (unpaired) electrons. The molecular weight excluding hydrogens is 388 g/mol. The van der Waals surface area contributed by atoms with Crippen molar-refractivity contribution in [3.8, 4) is 0 Å². The number of carbonyl (C=O) groups excluding carboxylic acids is 1. The molecule has 0 bridgehead atoms. The monoisotopic (exact) mass is 420 g/mol. The van der Waals surface area contributed by atoms with Gasteiger partial charge in [-0.2, -0.15) is 0 Å². The van der Waals surface area contributed by atoms with Crippen LogP contribution in [0.4, 0.5) is 4.79 Å². The minimum Gasteiger partial charge on any atom is -0.465 e. The van der Waals surface area contributed by atoms with Gasteiger partial charge >= 0.3 is 6.09 Å². The summed E-state index contributed by atoms with van der Waals surface area (Å²) in [4.78, 5) is 28.9. The summed E-state index contributed by atoms with van der Waals surface area (Å²) in [7, 11) is 3.79. The molecule has 5 nitrogen and oxygen atoms in total. The van der Waals surface area contributed by atoms with Gasteiger partial charge in [-0.3, -0.25) is 9.69 Å². The van der Waals surface area contributed by atoms with E-state index in [0.717, 1.165) is 30.4 Å². The molecule has 5 heteroatoms. The molecule has 1 saturated carbocycles. The minimum absolute atomic E-state index is 0.0555. The van der Waals surface area contributed by atoms with Gasteiger partial charge in [0.25, 0.3) is 0 Å². The zero-order chi connectivity index (χ0) is 22.8. The number of carbonyl (C=O) groups is 2. The van der Waals surface area contributed by atoms with Crippen LogP contribution in [0.5, 0.6) is 0 Å². The number of ketones is 1. The van der Waals surface area contributed by atoms with E-state index in [-0.39, 0.29) is 5.78 Å². The quantitative estimate of drug-likeness (QED) is 0.486. The fourth-order valence-electron chi connectivity index (χ4n) is 4.49. The lowest BCUT2D eigenvalue weighted by Gasteiger charge is -2.54. The summed E-state index contributed by atoms with van der Waals surface area (Å²) in [5, 5.41) is 9.96. The van der Waals surface area contributed by atoms with E-state index in [1.807, 2.05) is 101 Å². The van der Waals surface area contributed by atoms with Crippen molar-refractivity contribution in [1.82, 2.24) is 9.80 Å². The second-order valence-electron chi connectivity index (χ2n) is 9.45. The first-order valence-corrected chi connectivity index (χ1v) is 10.7. The molecule has 164 valence electrons. The Bertz CT molecular complexity index is 966. The number of benzene rings is 2. The van der Waals surface area contributed by atoms with Crippen molar-refractivity contribution in [3.05, 3.63) is 77.5 Å². The first-order chi connectivity index (χ1) is 14.6. The molecule has 0 spiro atoms. The Morgan fingerprint density at radius 3 is 1.94 bits per heavy atom. The van der Waals surface area contributed by atoms with Gasteiger partial charge in [0.1, 0.15) is 0 Å². The highest BCUT2D eigenvalue weighted by Crippen LogP contribution is 2.49. The van der Waals surface area contributed by atoms with Gasteiger partial charge in [-0.1, -0.05) is 54.6 Å². The van der Waals surface area contributed by atoms with Crippen LogP contribution in [0.15, 0.2) is 60.8 Å². The predicted molar refractivity (Wildman–Crippen MR) is 124 cm³/mol. The second kappa shape index (κ2) is 8.58. The minimum atomic E-state index is -0.910. The summed E-state index contributed by atoms with van der Waals surface area (Å²) in [5.41, 5.74) is 1.98. The number of carboxylic acid groups (broad SMARTS) is 1. The summed E-state index contributed by atoms with van der Waals surface area (Å²) < 4.78 is 0. The maximum absolute atomic E-state index is 13.3. The first-order valence-electron chi connectivity index (χ1n) is 10.7. The van der Waals surface area contributed by atoms with E-state index in [2.05, 4.69) is 0 Å². The number of nitrogens with zero attached hydrogens (tertiary/aromatic N) is 2. The topological polar surface area (TPSA) is 60.9 Å². The molecule has 31 heavy (non-hydrogen) atoms. The zero-order valence-corrected chi connectivity index (χ0v) is 19.1. The third-order valence-electron chi connectivity index (χ3n) is 5.87. The number of Topliss-reactive ketones (excluding diaryl/α,β-unsaturated/α-hetero) is 1. The Balaban J connectivity index is 1.97. The summed E-state index contributed by atoms with van der Waals surface area (Å²) in [6.07, 6.45) is 3.50. The van der Waals surface area contributed by atoms with Crippen LogP contribution >= 0.6 is 0 Å². The van der Waals surface area contributed by atoms with E-state index in [4.69, 9.17) is 0 Å². The normalized spacial score (nSPS) is 15.7. The van der Waals surface area contributed by atoms with Crippen molar-refractivity contribution < 1.29 is 14.7 Å². The number of rotatable bonds is 6. The number of hydrogen-bond acceptors (Lipinski definition) is 3. The summed E-state index contributed by atoms with van der Waals surface area (Å²) in [5.74, 6) is -0.0555. The predicted octanol–water partition coefficient (Wildman–Crippen LogP) is 5.63. The van der Waals surface area contributed by atoms with Crippen LogP contribution in [-0.2, 0) is 5.54 Å². The van der Waals surface area contributed by atoms with Crippen molar-refractivity contribution in [1.29, 1.82) is 0 Å². The Morgan fingerprint density at radius 2 is 1.52 bits per heavy atom. The maximum Gasteiger partial charge on any atom is 0.408 e. The highest BCUT2D eigenvalue weighted by atomic mass is 16.4. The summed E-state index contributed by atoms with van der Waals surface area (Å²) >= 11 is 0. The molecule has 0 heterocycles. The largest absolute Gasteiger partial charge is 0.465 e. The van der Waals surface area contributed by atoms with Gasteiger partial charge in [-0.25, -0.2) is 4.79 Å². The third kappa shape index (κ3) is 4.50. The maximum atomic E-state index is 13.3. The Labute approximate surface area is 185 Å². The molecule has 0 atom stereocenters. The van der Waals surface area contributed by atoms with Crippen LogP contribution in [0, 0.1) is 0 Å². The van der Waals surface area contributed by atoms with Crippen molar-refractivity contribution in [2.45, 2.75) is 51.1 Å². The molecule has 0 unspecified atom stereocenters. The lowest BCUT2D eigenvalue weighted by molar-refractivity contribution is -0.0328. The molecule has 1 aliphatic rings. The van der Waals surface area contributed by atoms with Crippen LogP contribution in [0.25, 0.3) is 5.57 Å². The van der Waals surface area contributed by atoms with Crippen molar-refractivity contribution in [3.63, 3.8) is 0 Å². The van der Waals surface area contributed by atoms with Gasteiger partial charge in [0.05, 0.1) is 5.54 Å². The van der Waals surface area contributed by atoms with Crippen LogP contribution < -0.4 is 0 Å². The van der Waals surface area contributed by atoms with E-state index in [1.54, 1.807) is 4.90 Å². The second-order valence-corrected chi connectivity index (χ2v) is 9.45. The average molecular weight is 421 g/mol. The Kier molecular flexibility index (Phi) is 6.25. The lowest BCUT2D eigenvalue weighted by atomic mass is 9.69. The van der Waals surface area contributed by atoms with Crippen LogP contribution in [0.1, 0.15) is 61.5 Å². The number of allylic oxidation sites excluding steroid dienone is 1. The summed E-state index contributed by atoms with van der Waals surface area (Å²) in [6, 6.07) is 17.1. The average Bonchev–Trinajstić information content (AvgIpc) is 2.67. The first kappa shape index (κ1) is 22.6. The lowest BCUT2D eigenvalue weighted by Crippen LogP contribution is -2.60. The Hall–Kier alpha value is -3.08. The van der Waals surface area contributed by atoms with Crippen molar-refractivity contribution in [2.24, 2.45) is 0 Å². The Morgan fingerprint density at radius 1 is 0.935 bits per heavy atom. The highest BCUT2D eigenvalue weighted by molar-refractivity contribution is 6.28. The van der Waals surface area contributed by atoms with Gasteiger partial charge < -0.3 is 10.0 Å². The van der Waals surface area contributed by atoms with E-state index in [1.165, 1.54) is 0 Å². The molecule has 1 fully saturated rings. The molecule has 0 saturated heterocycles. The molecule has 3 rings (SSSR count). The van der Waals surface area contributed by atoms with E-state index < -0.39 is 17.2 Å². The molecule has 1 aliphatic carbocycles. The van der Waals surface area contributed by atoms with Gasteiger partial charge in [0.2, 0.25) is 0 Å². The van der Waals surface area contributed by atoms with Gasteiger partial charge in [0.15, 0.2) is 5.78 Å². The van der Waals surface area contributed by atoms with Crippen LogP contribution in [-0.4, -0.2) is 46.4 Å². The molecule has 0 aliphatic heterocycles. The summed E-state index contributed by atoms with van der Waals surface area (Å²) in [6.45, 7) is 5.78. The standard InChI is InChI=1S/C26H32N2O3/c1-25(2,3)28(24(30)31)26(16-9-17-26)21-14-12-20(13-15-21)23(29)22(18-27(4)5)19-10-7-6-8-11-19/h6-8,10-15,18H,9,16-17H2,1-5H3,(H,30,31)/b22-18+. The van der Waals surface area contributed by atoms with Crippen LogP contribution in [0.2, 0.25) is 0 Å². The SMILES string of the molecule is CN(C)/C=C(/C(=O)c1ccc(C2(N(C(=O)O)C(C)(C)C)CCC2)cc1)c1ccccc1. The van der Waals surface area contributed by atoms with Gasteiger partial charge in [0, 0.05) is 37.0 Å². The zero-order valence-electron chi connectivity index (χ0n) is 19.1. The molecule has 1 amide bonds. The van der Waals surface area contributed by atoms with E-state index in [9.17, 15) is 14.7 Å². The van der Waals surface area contributed by atoms with Crippen molar-refractivity contribution >= 4 is 17.4 Å². The molecule has 1 N–H and O–H groups in total. The third-order valence-corrected chi connectivity index (χ3v) is 5.87. The van der Waals surface area contributed by atoms with Crippen molar-refractivity contribution in [2.75, 3.05) is 14.1 Å². The molecule has 0 aromatic heterocycles. The molecular formula is C26H32N2O3. The van der Waals surface area contributed by atoms with Gasteiger partial charge in [-0.15, -0.1) is 0 Å². The number of hydrogen-bond donors (Lipinski definition) is 1. The highest BCUT2D eigenvalue weighted by Gasteiger charge is 2.50.